The van der Waals surface area contributed by atoms with Gasteiger partial charge in [0.15, 0.2) is 10.3 Å². The number of halogens is 1. The molecule has 0 unspecified atom stereocenters. The molecule has 4 rings (SSSR count). The minimum absolute atomic E-state index is 0.284. The zero-order valence-corrected chi connectivity index (χ0v) is 15.4. The van der Waals surface area contributed by atoms with Gasteiger partial charge in [-0.05, 0) is 39.6 Å². The molecule has 0 saturated carbocycles. The standard InChI is InChI=1S/C17H12FN5O2S2/c18-12-4-2-1-3-11(12)9-27-17-20-15(24)19-16(21-17)26-8-10-5-6-13-14(7-10)23-25-22-13/h1-7H,8-9H2,(H,19,20,21,24). The van der Waals surface area contributed by atoms with E-state index in [0.29, 0.717) is 38.4 Å². The third-order valence-electron chi connectivity index (χ3n) is 3.62. The maximum Gasteiger partial charge on any atom is 0.349 e. The summed E-state index contributed by atoms with van der Waals surface area (Å²) in [6.45, 7) is 0. The molecule has 27 heavy (non-hydrogen) atoms. The molecule has 0 bridgehead atoms. The van der Waals surface area contributed by atoms with E-state index in [9.17, 15) is 9.18 Å². The van der Waals surface area contributed by atoms with Gasteiger partial charge in [-0.2, -0.15) is 9.97 Å². The van der Waals surface area contributed by atoms with E-state index in [0.717, 1.165) is 5.56 Å². The van der Waals surface area contributed by atoms with Crippen molar-refractivity contribution in [1.82, 2.24) is 25.3 Å². The summed E-state index contributed by atoms with van der Waals surface area (Å²) in [5, 5.41) is 8.32. The van der Waals surface area contributed by atoms with E-state index in [2.05, 4.69) is 29.9 Å². The van der Waals surface area contributed by atoms with Gasteiger partial charge in [0.25, 0.3) is 0 Å². The largest absolute Gasteiger partial charge is 0.349 e. The number of aromatic nitrogens is 5. The van der Waals surface area contributed by atoms with Gasteiger partial charge in [-0.15, -0.1) is 0 Å². The Morgan fingerprint density at radius 1 is 1.00 bits per heavy atom. The third kappa shape index (κ3) is 4.34. The summed E-state index contributed by atoms with van der Waals surface area (Å²) in [6.07, 6.45) is 0. The molecule has 0 aliphatic heterocycles. The number of nitrogens with one attached hydrogen (secondary N) is 1. The number of hydrogen-bond acceptors (Lipinski definition) is 8. The highest BCUT2D eigenvalue weighted by Crippen LogP contribution is 2.24. The first-order chi connectivity index (χ1) is 13.2. The number of aromatic amines is 1. The van der Waals surface area contributed by atoms with Crippen molar-refractivity contribution in [3.05, 3.63) is 69.9 Å². The SMILES string of the molecule is O=c1nc(SCc2ccc3nonc3c2)nc(SCc2ccccc2F)[nH]1. The molecule has 10 heteroatoms. The van der Waals surface area contributed by atoms with Gasteiger partial charge in [0.1, 0.15) is 16.9 Å². The van der Waals surface area contributed by atoms with Crippen LogP contribution in [0, 0.1) is 5.82 Å². The van der Waals surface area contributed by atoms with Crippen molar-refractivity contribution in [2.45, 2.75) is 21.8 Å². The molecule has 0 spiro atoms. The van der Waals surface area contributed by atoms with Crippen LogP contribution in [0.4, 0.5) is 4.39 Å². The van der Waals surface area contributed by atoms with E-state index >= 15 is 0 Å². The average Bonchev–Trinajstić information content (AvgIpc) is 3.13. The van der Waals surface area contributed by atoms with Gasteiger partial charge in [0, 0.05) is 11.5 Å². The van der Waals surface area contributed by atoms with Crippen molar-refractivity contribution < 1.29 is 9.02 Å². The van der Waals surface area contributed by atoms with E-state index in [-0.39, 0.29) is 5.82 Å². The number of fused-ring (bicyclic) bond motifs is 1. The number of rotatable bonds is 6. The minimum Gasteiger partial charge on any atom is -0.285 e. The third-order valence-corrected chi connectivity index (χ3v) is 5.46. The highest BCUT2D eigenvalue weighted by molar-refractivity contribution is 7.99. The maximum atomic E-state index is 13.7. The van der Waals surface area contributed by atoms with Crippen molar-refractivity contribution in [2.24, 2.45) is 0 Å². The second-order valence-electron chi connectivity index (χ2n) is 5.50. The van der Waals surface area contributed by atoms with Crippen molar-refractivity contribution >= 4 is 34.6 Å². The Bertz CT molecular complexity index is 1150. The van der Waals surface area contributed by atoms with Crippen LogP contribution in [0.2, 0.25) is 0 Å². The molecule has 0 aliphatic carbocycles. The summed E-state index contributed by atoms with van der Waals surface area (Å²) in [6, 6.07) is 12.1. The summed E-state index contributed by atoms with van der Waals surface area (Å²) in [5.41, 5.74) is 2.39. The fourth-order valence-corrected chi connectivity index (χ4v) is 3.98. The van der Waals surface area contributed by atoms with E-state index in [1.165, 1.54) is 29.6 Å². The number of benzene rings is 2. The normalized spacial score (nSPS) is 11.1. The number of H-pyrrole nitrogens is 1. The zero-order valence-electron chi connectivity index (χ0n) is 13.8. The topological polar surface area (TPSA) is 97.6 Å². The molecule has 2 heterocycles. The fourth-order valence-electron chi connectivity index (χ4n) is 2.31. The lowest BCUT2D eigenvalue weighted by Gasteiger charge is -2.04. The summed E-state index contributed by atoms with van der Waals surface area (Å²) in [7, 11) is 0. The molecule has 0 radical (unpaired) electrons. The lowest BCUT2D eigenvalue weighted by Crippen LogP contribution is -2.13. The van der Waals surface area contributed by atoms with Gasteiger partial charge in [-0.1, -0.05) is 47.8 Å². The zero-order chi connectivity index (χ0) is 18.6. The monoisotopic (exact) mass is 401 g/mol. The van der Waals surface area contributed by atoms with Crippen molar-refractivity contribution in [2.75, 3.05) is 0 Å². The molecular weight excluding hydrogens is 389 g/mol. The number of nitrogens with zero attached hydrogens (tertiary/aromatic N) is 4. The molecule has 7 nitrogen and oxygen atoms in total. The molecule has 0 saturated heterocycles. The quantitative estimate of drug-likeness (QED) is 0.491. The predicted octanol–water partition coefficient (Wildman–Crippen LogP) is 3.42. The van der Waals surface area contributed by atoms with Crippen LogP contribution in [0.3, 0.4) is 0 Å². The molecule has 136 valence electrons. The van der Waals surface area contributed by atoms with Crippen LogP contribution in [0.15, 0.2) is 62.2 Å². The number of thioether (sulfide) groups is 2. The Hall–Kier alpha value is -2.72. The second-order valence-corrected chi connectivity index (χ2v) is 7.40. The molecule has 0 amide bonds. The Morgan fingerprint density at radius 2 is 1.85 bits per heavy atom. The van der Waals surface area contributed by atoms with Gasteiger partial charge in [-0.3, -0.25) is 4.98 Å². The van der Waals surface area contributed by atoms with Crippen molar-refractivity contribution in [3.8, 4) is 0 Å². The van der Waals surface area contributed by atoms with Gasteiger partial charge in [0.2, 0.25) is 0 Å². The van der Waals surface area contributed by atoms with Gasteiger partial charge >= 0.3 is 5.69 Å². The van der Waals surface area contributed by atoms with Crippen LogP contribution in [0.5, 0.6) is 0 Å². The summed E-state index contributed by atoms with van der Waals surface area (Å²) in [5.74, 6) is 0.636. The highest BCUT2D eigenvalue weighted by atomic mass is 32.2. The Kier molecular flexibility index (Phi) is 5.16. The minimum atomic E-state index is -0.486. The van der Waals surface area contributed by atoms with E-state index in [1.807, 2.05) is 18.2 Å². The Morgan fingerprint density at radius 3 is 2.74 bits per heavy atom. The van der Waals surface area contributed by atoms with Crippen LogP contribution in [0.25, 0.3) is 11.0 Å². The first-order valence-corrected chi connectivity index (χ1v) is 9.83. The summed E-state index contributed by atoms with van der Waals surface area (Å²) < 4.78 is 18.4. The van der Waals surface area contributed by atoms with Crippen LogP contribution < -0.4 is 5.69 Å². The second kappa shape index (κ2) is 7.89. The van der Waals surface area contributed by atoms with Crippen LogP contribution >= 0.6 is 23.5 Å². The Labute approximate surface area is 160 Å². The summed E-state index contributed by atoms with van der Waals surface area (Å²) >= 11 is 2.58. The molecule has 0 atom stereocenters. The molecule has 4 aromatic rings. The van der Waals surface area contributed by atoms with E-state index < -0.39 is 5.69 Å². The lowest BCUT2D eigenvalue weighted by atomic mass is 10.2. The van der Waals surface area contributed by atoms with Crippen LogP contribution in [0.1, 0.15) is 11.1 Å². The molecule has 0 fully saturated rings. The molecule has 1 N–H and O–H groups in total. The average molecular weight is 401 g/mol. The smallest absolute Gasteiger partial charge is 0.285 e. The maximum absolute atomic E-state index is 13.7. The molecular formula is C17H12FN5O2S2. The highest BCUT2D eigenvalue weighted by Gasteiger charge is 2.08. The fraction of sp³-hybridized carbons (Fsp3) is 0.118. The van der Waals surface area contributed by atoms with E-state index in [1.54, 1.807) is 18.2 Å². The predicted molar refractivity (Wildman–Crippen MR) is 100.0 cm³/mol. The first kappa shape index (κ1) is 17.7. The lowest BCUT2D eigenvalue weighted by molar-refractivity contribution is 0.315. The number of hydrogen-bond donors (Lipinski definition) is 1. The Balaban J connectivity index is 1.45. The van der Waals surface area contributed by atoms with Crippen LogP contribution in [-0.2, 0) is 11.5 Å². The summed E-state index contributed by atoms with van der Waals surface area (Å²) in [4.78, 5) is 22.6. The molecule has 2 aromatic heterocycles. The van der Waals surface area contributed by atoms with Crippen molar-refractivity contribution in [1.29, 1.82) is 0 Å². The first-order valence-electron chi connectivity index (χ1n) is 7.86. The van der Waals surface area contributed by atoms with Gasteiger partial charge in [0.05, 0.1) is 0 Å². The van der Waals surface area contributed by atoms with Gasteiger partial charge in [-0.25, -0.2) is 13.8 Å². The van der Waals surface area contributed by atoms with Gasteiger partial charge < -0.3 is 0 Å². The van der Waals surface area contributed by atoms with Crippen molar-refractivity contribution in [3.63, 3.8) is 0 Å². The van der Waals surface area contributed by atoms with E-state index in [4.69, 9.17) is 0 Å². The molecule has 0 aliphatic rings. The molecule has 2 aromatic carbocycles. The van der Waals surface area contributed by atoms with Crippen LogP contribution in [-0.4, -0.2) is 25.3 Å².